The number of hydrogen-bond acceptors (Lipinski definition) is 14. The molecule has 0 amide bonds. The lowest BCUT2D eigenvalue weighted by Gasteiger charge is -2.67. The minimum Gasteiger partial charge on any atom is -0.458 e. The predicted octanol–water partition coefficient (Wildman–Crippen LogP) is 3.73. The van der Waals surface area contributed by atoms with Crippen LogP contribution in [-0.4, -0.2) is 99.1 Å². The van der Waals surface area contributed by atoms with Gasteiger partial charge in [0.25, 0.3) is 3.79 Å². The lowest BCUT2D eigenvalue weighted by Crippen LogP contribution is -2.83. The highest BCUT2D eigenvalue weighted by Crippen LogP contribution is 2.67. The molecule has 14 nitrogen and oxygen atoms in total. The number of aliphatic hydroxyl groups excluding tert-OH is 1. The van der Waals surface area contributed by atoms with Crippen molar-refractivity contribution in [2.24, 2.45) is 16.7 Å². The van der Waals surface area contributed by atoms with Crippen molar-refractivity contribution >= 4 is 70.6 Å². The number of esters is 4. The van der Waals surface area contributed by atoms with E-state index in [0.717, 1.165) is 13.8 Å². The summed E-state index contributed by atoms with van der Waals surface area (Å²) in [7, 11) is 0. The zero-order chi connectivity index (χ0) is 37.6. The van der Waals surface area contributed by atoms with Crippen LogP contribution in [0.15, 0.2) is 41.5 Å². The van der Waals surface area contributed by atoms with Crippen LogP contribution in [0.4, 0.5) is 4.79 Å². The minimum atomic E-state index is -2.63. The number of alkyl halides is 3. The fraction of sp³-hybridized carbons (Fsp3) is 0.588. The molecule has 2 saturated heterocycles. The third-order valence-electron chi connectivity index (χ3n) is 11.1. The Morgan fingerprint density at radius 1 is 0.961 bits per heavy atom. The molecule has 0 aromatic heterocycles. The van der Waals surface area contributed by atoms with E-state index in [4.69, 9.17) is 68.0 Å². The molecule has 4 fully saturated rings. The van der Waals surface area contributed by atoms with Gasteiger partial charge in [0, 0.05) is 25.7 Å². The van der Waals surface area contributed by atoms with Gasteiger partial charge in [-0.3, -0.25) is 14.4 Å². The average molecular weight is 774 g/mol. The van der Waals surface area contributed by atoms with Gasteiger partial charge in [-0.2, -0.15) is 0 Å². The summed E-state index contributed by atoms with van der Waals surface area (Å²) in [6.07, 6.45) is -11.3. The molecular weight excluding hydrogens is 739 g/mol. The van der Waals surface area contributed by atoms with E-state index in [-0.39, 0.29) is 29.7 Å². The van der Waals surface area contributed by atoms with Crippen molar-refractivity contribution in [1.82, 2.24) is 0 Å². The summed E-state index contributed by atoms with van der Waals surface area (Å²) in [5.74, 6) is -6.63. The summed E-state index contributed by atoms with van der Waals surface area (Å²) in [4.78, 5) is 82.0. The van der Waals surface area contributed by atoms with Crippen LogP contribution in [0.3, 0.4) is 0 Å². The molecule has 17 heteroatoms. The number of aliphatic hydroxyl groups is 1. The van der Waals surface area contributed by atoms with Gasteiger partial charge in [0.15, 0.2) is 29.7 Å². The van der Waals surface area contributed by atoms with Crippen molar-refractivity contribution in [2.45, 2.75) is 99.6 Å². The summed E-state index contributed by atoms with van der Waals surface area (Å²) in [5.41, 5.74) is -7.76. The van der Waals surface area contributed by atoms with Gasteiger partial charge in [-0.05, 0) is 37.1 Å². The highest BCUT2D eigenvalue weighted by molar-refractivity contribution is 6.75. The van der Waals surface area contributed by atoms with Gasteiger partial charge in [-0.25, -0.2) is 14.4 Å². The van der Waals surface area contributed by atoms with Gasteiger partial charge in [0.1, 0.15) is 18.3 Å². The standard InChI is InChI=1S/C34H35Cl3O14/c1-14-20-22(46-15(2)38)24(41)31(6)18(47-28(43)34(35,36)37)12-19-32(13-45-19,50-16(3)39)23(31)26(48-27(42)17-10-8-7-9-11-17)33(30(20,4)5)25(21(14)40)49-29(44)51-33/h7-11,18-19,21-23,25-26,40H,12-13H2,1-6H3/t18-,19+,21+,22+,23?,25-,26-,31+,32-,33+/m0/s1. The molecule has 51 heavy (non-hydrogen) atoms. The summed E-state index contributed by atoms with van der Waals surface area (Å²) in [5, 5.41) is 11.9. The van der Waals surface area contributed by atoms with Crippen molar-refractivity contribution < 1.29 is 67.0 Å². The molecule has 2 aliphatic heterocycles. The van der Waals surface area contributed by atoms with E-state index in [1.807, 2.05) is 0 Å². The number of hydrogen-bond donors (Lipinski definition) is 1. The molecule has 1 N–H and O–H groups in total. The Hall–Kier alpha value is -3.43. The van der Waals surface area contributed by atoms with Gasteiger partial charge in [-0.1, -0.05) is 66.8 Å². The fourth-order valence-corrected chi connectivity index (χ4v) is 9.13. The van der Waals surface area contributed by atoms with Crippen LogP contribution in [0.2, 0.25) is 0 Å². The molecule has 2 heterocycles. The Labute approximate surface area is 306 Å². The molecule has 1 aromatic rings. The van der Waals surface area contributed by atoms with Gasteiger partial charge < -0.3 is 38.3 Å². The molecule has 6 rings (SSSR count). The van der Waals surface area contributed by atoms with E-state index >= 15 is 4.79 Å². The maximum Gasteiger partial charge on any atom is 0.509 e. The summed E-state index contributed by atoms with van der Waals surface area (Å²) in [6, 6.07) is 7.73. The minimum absolute atomic E-state index is 0.00478. The first kappa shape index (κ1) is 37.3. The first-order chi connectivity index (χ1) is 23.6. The molecular formula is C34H35Cl3O14. The molecule has 5 aliphatic rings. The maximum absolute atomic E-state index is 15.5. The molecule has 2 bridgehead atoms. The van der Waals surface area contributed by atoms with Crippen molar-refractivity contribution in [2.75, 3.05) is 6.61 Å². The van der Waals surface area contributed by atoms with Crippen molar-refractivity contribution in [1.29, 1.82) is 0 Å². The van der Waals surface area contributed by atoms with Crippen LogP contribution in [-0.2, 0) is 52.3 Å². The second-order valence-electron chi connectivity index (χ2n) is 14.1. The van der Waals surface area contributed by atoms with Crippen LogP contribution >= 0.6 is 34.8 Å². The third-order valence-corrected chi connectivity index (χ3v) is 11.6. The Morgan fingerprint density at radius 3 is 2.16 bits per heavy atom. The third kappa shape index (κ3) is 5.34. The molecule has 276 valence electrons. The van der Waals surface area contributed by atoms with E-state index in [1.54, 1.807) is 32.0 Å². The van der Waals surface area contributed by atoms with E-state index in [9.17, 15) is 29.1 Å². The van der Waals surface area contributed by atoms with E-state index < -0.39 is 104 Å². The molecule has 1 aromatic carbocycles. The van der Waals surface area contributed by atoms with Crippen molar-refractivity contribution in [3.05, 3.63) is 47.0 Å². The fourth-order valence-electron chi connectivity index (χ4n) is 8.99. The lowest BCUT2D eigenvalue weighted by molar-refractivity contribution is -0.346. The Bertz CT molecular complexity index is 1740. The van der Waals surface area contributed by atoms with Crippen LogP contribution < -0.4 is 0 Å². The SMILES string of the molecule is CC(=O)O[C@H]1C(=O)[C@@]2(C)C([C@H](OC(=O)c3ccccc3)[C@]34OC(=O)O[C@H]3[C@H](O)C(C)=C1C4(C)C)[C@]1(OC(C)=O)CO[C@@H]1C[C@@H]2OC(=O)C(Cl)(Cl)Cl. The first-order valence-corrected chi connectivity index (χ1v) is 17.1. The number of Topliss-reactive ketones (excluding diaryl/α,β-unsaturated/α-hetero) is 1. The maximum atomic E-state index is 15.5. The highest BCUT2D eigenvalue weighted by Gasteiger charge is 2.83. The molecule has 2 saturated carbocycles. The van der Waals surface area contributed by atoms with Crippen LogP contribution in [0, 0.1) is 16.7 Å². The number of carbonyl (C=O) groups is 6. The number of carbonyl (C=O) groups excluding carboxylic acids is 6. The first-order valence-electron chi connectivity index (χ1n) is 16.0. The highest BCUT2D eigenvalue weighted by atomic mass is 35.6. The molecule has 1 unspecified atom stereocenters. The van der Waals surface area contributed by atoms with E-state index in [1.165, 1.54) is 26.0 Å². The van der Waals surface area contributed by atoms with E-state index in [0.29, 0.717) is 0 Å². The Kier molecular flexibility index (Phi) is 9.02. The zero-order valence-corrected chi connectivity index (χ0v) is 30.5. The number of rotatable bonds is 5. The molecule has 0 radical (unpaired) electrons. The van der Waals surface area contributed by atoms with Gasteiger partial charge >= 0.3 is 30.0 Å². The van der Waals surface area contributed by atoms with Crippen LogP contribution in [0.25, 0.3) is 0 Å². The summed E-state index contributed by atoms with van der Waals surface area (Å²) in [6.45, 7) is 7.73. The Balaban J connectivity index is 1.74. The lowest BCUT2D eigenvalue weighted by atomic mass is 9.44. The van der Waals surface area contributed by atoms with Gasteiger partial charge in [-0.15, -0.1) is 0 Å². The van der Waals surface area contributed by atoms with Crippen molar-refractivity contribution in [3.8, 4) is 0 Å². The predicted molar refractivity (Wildman–Crippen MR) is 173 cm³/mol. The quantitative estimate of drug-likeness (QED) is 0.197. The second kappa shape index (κ2) is 12.3. The number of ether oxygens (including phenoxy) is 7. The van der Waals surface area contributed by atoms with Crippen molar-refractivity contribution in [3.63, 3.8) is 0 Å². The molecule has 1 spiro atoms. The molecule has 3 aliphatic carbocycles. The van der Waals surface area contributed by atoms with Crippen LogP contribution in [0.5, 0.6) is 0 Å². The normalized spacial score (nSPS) is 37.8. The van der Waals surface area contributed by atoms with E-state index in [2.05, 4.69) is 0 Å². The zero-order valence-electron chi connectivity index (χ0n) is 28.2. The van der Waals surface area contributed by atoms with Crippen LogP contribution in [0.1, 0.15) is 58.3 Å². The second-order valence-corrected chi connectivity index (χ2v) is 16.4. The number of benzene rings is 1. The smallest absolute Gasteiger partial charge is 0.458 e. The largest absolute Gasteiger partial charge is 0.509 e. The number of halogens is 3. The summed E-state index contributed by atoms with van der Waals surface area (Å²) >= 11 is 17.8. The topological polar surface area (TPSA) is 187 Å². The van der Waals surface area contributed by atoms with Gasteiger partial charge in [0.2, 0.25) is 5.60 Å². The average Bonchev–Trinajstić information content (AvgIpc) is 3.40. The summed E-state index contributed by atoms with van der Waals surface area (Å²) < 4.78 is 39.0. The Morgan fingerprint density at radius 2 is 1.61 bits per heavy atom. The monoisotopic (exact) mass is 772 g/mol. The molecule has 10 atom stereocenters. The van der Waals surface area contributed by atoms with Gasteiger partial charge in [0.05, 0.1) is 23.5 Å². The number of ketones is 1. The number of fused-ring (bicyclic) bond motifs is 4.